The van der Waals surface area contributed by atoms with Crippen LogP contribution in [0.3, 0.4) is 0 Å². The van der Waals surface area contributed by atoms with E-state index in [4.69, 9.17) is 10.2 Å². The van der Waals surface area contributed by atoms with Crippen LogP contribution in [0, 0.1) is 0 Å². The van der Waals surface area contributed by atoms with Gasteiger partial charge in [-0.15, -0.1) is 19.7 Å². The lowest BCUT2D eigenvalue weighted by atomic mass is 10.8. The van der Waals surface area contributed by atoms with E-state index >= 15 is 0 Å². The molecule has 2 heteroatoms. The molecular formula is C9H18O2. The lowest BCUT2D eigenvalue weighted by Gasteiger charge is -1.41. The molecule has 0 amide bonds. The van der Waals surface area contributed by atoms with Gasteiger partial charge in [0.25, 0.3) is 0 Å². The Morgan fingerprint density at radius 3 is 0.909 bits per heavy atom. The number of aliphatic hydroxyl groups is 2. The minimum atomic E-state index is 0.750. The molecule has 0 spiro atoms. The van der Waals surface area contributed by atoms with E-state index in [1.807, 2.05) is 6.92 Å². The molecule has 0 bridgehead atoms. The zero-order chi connectivity index (χ0) is 10.1. The second-order valence-electron chi connectivity index (χ2n) is 0.773. The average Bonchev–Trinajstić information content (AvgIpc) is 1.96. The Morgan fingerprint density at radius 2 is 0.909 bits per heavy atom. The van der Waals surface area contributed by atoms with Gasteiger partial charge in [0.1, 0.15) is 0 Å². The molecule has 0 fully saturated rings. The zero-order valence-electron chi connectivity index (χ0n) is 7.16. The summed E-state index contributed by atoms with van der Waals surface area (Å²) in [6, 6.07) is 0. The lowest BCUT2D eigenvalue weighted by molar-refractivity contribution is 0.475. The summed E-state index contributed by atoms with van der Waals surface area (Å²) in [5.74, 6) is 0. The van der Waals surface area contributed by atoms with Crippen molar-refractivity contribution in [2.45, 2.75) is 6.92 Å². The van der Waals surface area contributed by atoms with Crippen molar-refractivity contribution in [1.82, 2.24) is 0 Å². The van der Waals surface area contributed by atoms with Crippen molar-refractivity contribution in [2.24, 2.45) is 0 Å². The first-order valence-electron chi connectivity index (χ1n) is 2.82. The third-order valence-corrected chi connectivity index (χ3v) is 0. The van der Waals surface area contributed by atoms with Crippen LogP contribution in [0.15, 0.2) is 51.5 Å². The highest BCUT2D eigenvalue weighted by Crippen LogP contribution is 1.38. The van der Waals surface area contributed by atoms with Gasteiger partial charge < -0.3 is 10.2 Å². The van der Waals surface area contributed by atoms with Crippen LogP contribution in [-0.2, 0) is 0 Å². The van der Waals surface area contributed by atoms with Crippen molar-refractivity contribution in [3.63, 3.8) is 0 Å². The largest absolute Gasteiger partial charge is 0.516 e. The van der Waals surface area contributed by atoms with E-state index < -0.39 is 0 Å². The Labute approximate surface area is 69.5 Å². The summed E-state index contributed by atoms with van der Waals surface area (Å²) in [6.45, 7) is 17.1. The number of hydrogen-bond donors (Lipinski definition) is 2. The van der Waals surface area contributed by atoms with Gasteiger partial charge in [0.15, 0.2) is 0 Å². The maximum absolute atomic E-state index is 7.33. The van der Waals surface area contributed by atoms with Crippen molar-refractivity contribution in [2.75, 3.05) is 0 Å². The van der Waals surface area contributed by atoms with Gasteiger partial charge >= 0.3 is 0 Å². The van der Waals surface area contributed by atoms with Crippen LogP contribution in [0.2, 0.25) is 0 Å². The number of hydrogen-bond acceptors (Lipinski definition) is 2. The Hall–Kier alpha value is -1.44. The van der Waals surface area contributed by atoms with Crippen molar-refractivity contribution in [1.29, 1.82) is 0 Å². The molecule has 0 atom stereocenters. The summed E-state index contributed by atoms with van der Waals surface area (Å²) in [5.41, 5.74) is 0. The fourth-order valence-electron chi connectivity index (χ4n) is 0. The maximum atomic E-state index is 7.33. The van der Waals surface area contributed by atoms with Crippen molar-refractivity contribution < 1.29 is 10.2 Å². The first kappa shape index (κ1) is 22.7. The molecule has 0 aliphatic carbocycles. The van der Waals surface area contributed by atoms with Crippen LogP contribution in [-0.4, -0.2) is 10.2 Å². The number of rotatable bonds is 0. The van der Waals surface area contributed by atoms with Gasteiger partial charge in [-0.1, -0.05) is 19.2 Å². The van der Waals surface area contributed by atoms with Crippen molar-refractivity contribution in [3.8, 4) is 0 Å². The van der Waals surface area contributed by atoms with E-state index in [1.54, 1.807) is 6.08 Å². The van der Waals surface area contributed by atoms with Crippen LogP contribution < -0.4 is 0 Å². The fourth-order valence-corrected chi connectivity index (χ4v) is 0. The molecule has 0 saturated heterocycles. The molecule has 0 aliphatic rings. The van der Waals surface area contributed by atoms with Crippen LogP contribution in [0.25, 0.3) is 0 Å². The topological polar surface area (TPSA) is 40.5 Å². The molecule has 0 unspecified atom stereocenters. The molecule has 0 aromatic carbocycles. The summed E-state index contributed by atoms with van der Waals surface area (Å²) >= 11 is 0. The summed E-state index contributed by atoms with van der Waals surface area (Å²) in [5, 5.41) is 14.7. The second kappa shape index (κ2) is 201. The number of aliphatic hydroxyl groups excluding tert-OH is 2. The normalized spacial score (nSPS) is 3.73. The second-order valence-corrected chi connectivity index (χ2v) is 0.773. The molecule has 0 saturated carbocycles. The molecule has 2 N–H and O–H groups in total. The van der Waals surface area contributed by atoms with E-state index in [1.165, 1.54) is 0 Å². The Balaban J connectivity index is -0.0000000301. The fraction of sp³-hybridized carbons (Fsp3) is 0.111. The summed E-state index contributed by atoms with van der Waals surface area (Å²) in [6.07, 6.45) is 3.25. The standard InChI is InChI=1S/C3H6.2C2H4O.C2H4/c1-3-2;2*1-2-3;1-2/h3H,1H2,2H3;2*2-3H,1H2;1-2H2. The van der Waals surface area contributed by atoms with E-state index in [0.29, 0.717) is 0 Å². The quantitative estimate of drug-likeness (QED) is 0.419. The molecule has 0 aliphatic heterocycles. The maximum Gasteiger partial charge on any atom is 0.0719 e. The van der Waals surface area contributed by atoms with E-state index in [9.17, 15) is 0 Å². The third kappa shape index (κ3) is 178. The summed E-state index contributed by atoms with van der Waals surface area (Å²) in [4.78, 5) is 0. The molecular weight excluding hydrogens is 140 g/mol. The minimum absolute atomic E-state index is 0.750. The molecule has 0 heterocycles. The van der Waals surface area contributed by atoms with Crippen molar-refractivity contribution >= 4 is 0 Å². The average molecular weight is 158 g/mol. The first-order chi connectivity index (χ1) is 5.24. The monoisotopic (exact) mass is 158 g/mol. The van der Waals surface area contributed by atoms with E-state index in [2.05, 4.69) is 32.9 Å². The predicted molar refractivity (Wildman–Crippen MR) is 52.8 cm³/mol. The van der Waals surface area contributed by atoms with Gasteiger partial charge in [-0.2, -0.15) is 0 Å². The summed E-state index contributed by atoms with van der Waals surface area (Å²) in [7, 11) is 0. The first-order valence-corrected chi connectivity index (χ1v) is 2.82. The lowest BCUT2D eigenvalue weighted by Crippen LogP contribution is -1.25. The van der Waals surface area contributed by atoms with Crippen LogP contribution in [0.1, 0.15) is 6.92 Å². The molecule has 11 heavy (non-hydrogen) atoms. The predicted octanol–water partition coefficient (Wildman–Crippen LogP) is 3.37. The molecule has 0 aromatic heterocycles. The minimum Gasteiger partial charge on any atom is -0.516 e. The Kier molecular flexibility index (Phi) is 414. The third-order valence-electron chi connectivity index (χ3n) is 0. The molecule has 0 radical (unpaired) electrons. The Bertz CT molecular complexity index is 53.7. The van der Waals surface area contributed by atoms with Gasteiger partial charge in [-0.25, -0.2) is 0 Å². The molecule has 0 rings (SSSR count). The Morgan fingerprint density at radius 1 is 0.909 bits per heavy atom. The molecule has 2 nitrogen and oxygen atoms in total. The zero-order valence-corrected chi connectivity index (χ0v) is 7.16. The molecule has 0 aromatic rings. The van der Waals surface area contributed by atoms with Gasteiger partial charge in [-0.05, 0) is 6.92 Å². The molecule has 66 valence electrons. The van der Waals surface area contributed by atoms with Gasteiger partial charge in [0, 0.05) is 0 Å². The highest BCUT2D eigenvalue weighted by atomic mass is 16.2. The van der Waals surface area contributed by atoms with E-state index in [0.717, 1.165) is 12.5 Å². The van der Waals surface area contributed by atoms with Crippen LogP contribution in [0.4, 0.5) is 0 Å². The smallest absolute Gasteiger partial charge is 0.0719 e. The van der Waals surface area contributed by atoms with E-state index in [-0.39, 0.29) is 0 Å². The highest BCUT2D eigenvalue weighted by Gasteiger charge is 1.15. The van der Waals surface area contributed by atoms with Gasteiger partial charge in [-0.3, -0.25) is 0 Å². The van der Waals surface area contributed by atoms with Crippen LogP contribution >= 0.6 is 0 Å². The van der Waals surface area contributed by atoms with Crippen molar-refractivity contribution in [3.05, 3.63) is 51.5 Å². The van der Waals surface area contributed by atoms with Crippen LogP contribution in [0.5, 0.6) is 0 Å². The van der Waals surface area contributed by atoms with Gasteiger partial charge in [0.05, 0.1) is 12.5 Å². The summed E-state index contributed by atoms with van der Waals surface area (Å²) < 4.78 is 0. The number of allylic oxidation sites excluding steroid dienone is 1. The highest BCUT2D eigenvalue weighted by molar-refractivity contribution is 4.51. The van der Waals surface area contributed by atoms with Gasteiger partial charge in [0.2, 0.25) is 0 Å². The SMILES string of the molecule is C=C.C=CC.C=CO.C=CO.